The van der Waals surface area contributed by atoms with E-state index in [1.807, 2.05) is 0 Å². The van der Waals surface area contributed by atoms with E-state index >= 15 is 0 Å². The van der Waals surface area contributed by atoms with E-state index < -0.39 is 24.6 Å². The molecule has 2 aromatic rings. The summed E-state index contributed by atoms with van der Waals surface area (Å²) in [7, 11) is 1.20. The second-order valence-corrected chi connectivity index (χ2v) is 4.56. The Balaban J connectivity index is 2.52. The molecule has 0 saturated heterocycles. The molecule has 1 atom stereocenters. The number of aliphatic hydroxyl groups is 1. The lowest BCUT2D eigenvalue weighted by Gasteiger charge is -2.14. The van der Waals surface area contributed by atoms with Crippen LogP contribution in [0.3, 0.4) is 0 Å². The maximum absolute atomic E-state index is 12.1. The Morgan fingerprint density at radius 2 is 2.17 bits per heavy atom. The molecule has 9 heteroatoms. The summed E-state index contributed by atoms with van der Waals surface area (Å²) in [5.74, 6) is -0.766. The number of nitrogens with zero attached hydrogens (tertiary/aromatic N) is 2. The molecule has 2 heterocycles. The van der Waals surface area contributed by atoms with Crippen molar-refractivity contribution in [3.8, 4) is 0 Å². The van der Waals surface area contributed by atoms with Crippen molar-refractivity contribution in [1.29, 1.82) is 0 Å². The fourth-order valence-corrected chi connectivity index (χ4v) is 2.09. The van der Waals surface area contributed by atoms with E-state index in [9.17, 15) is 14.7 Å². The first-order chi connectivity index (χ1) is 11.0. The summed E-state index contributed by atoms with van der Waals surface area (Å²) in [6.45, 7) is 2.97. The third-order valence-electron chi connectivity index (χ3n) is 3.12. The van der Waals surface area contributed by atoms with Crippen molar-refractivity contribution in [1.82, 2.24) is 9.97 Å². The van der Waals surface area contributed by atoms with Crippen molar-refractivity contribution in [3.63, 3.8) is 0 Å². The molecule has 2 aromatic heterocycles. The van der Waals surface area contributed by atoms with Gasteiger partial charge in [0.25, 0.3) is 0 Å². The summed E-state index contributed by atoms with van der Waals surface area (Å²) >= 11 is 0. The van der Waals surface area contributed by atoms with Gasteiger partial charge in [0.2, 0.25) is 5.71 Å². The third kappa shape index (κ3) is 3.24. The van der Waals surface area contributed by atoms with Crippen LogP contribution in [0.5, 0.6) is 0 Å². The minimum absolute atomic E-state index is 0.166. The van der Waals surface area contributed by atoms with Gasteiger partial charge in [0.15, 0.2) is 0 Å². The number of aliphatic hydroxyl groups excluding tert-OH is 1. The molecule has 0 aliphatic rings. The number of hydrogen-bond acceptors (Lipinski definition) is 9. The number of carbonyl (C=O) groups is 2. The maximum atomic E-state index is 12.1. The van der Waals surface area contributed by atoms with Crippen molar-refractivity contribution in [3.05, 3.63) is 17.7 Å². The molecule has 0 aliphatic carbocycles. The molecule has 0 radical (unpaired) electrons. The van der Waals surface area contributed by atoms with Crippen LogP contribution >= 0.6 is 0 Å². The fourth-order valence-electron chi connectivity index (χ4n) is 2.09. The minimum Gasteiger partial charge on any atom is -0.467 e. The van der Waals surface area contributed by atoms with Crippen molar-refractivity contribution < 1.29 is 28.6 Å². The van der Waals surface area contributed by atoms with Crippen LogP contribution in [0.15, 0.2) is 10.7 Å². The van der Waals surface area contributed by atoms with Crippen molar-refractivity contribution in [2.45, 2.75) is 19.9 Å². The summed E-state index contributed by atoms with van der Waals surface area (Å²) in [5.41, 5.74) is 0.344. The molecule has 0 aromatic carbocycles. The number of furan rings is 1. The molecule has 9 nitrogen and oxygen atoms in total. The number of aromatic nitrogens is 2. The Morgan fingerprint density at radius 3 is 2.78 bits per heavy atom. The van der Waals surface area contributed by atoms with Crippen LogP contribution in [-0.2, 0) is 14.3 Å². The Bertz CT molecular complexity index is 727. The minimum atomic E-state index is -1.04. The van der Waals surface area contributed by atoms with Crippen molar-refractivity contribution in [2.75, 3.05) is 25.6 Å². The highest BCUT2D eigenvalue weighted by molar-refractivity contribution is 6.08. The van der Waals surface area contributed by atoms with Crippen molar-refractivity contribution >= 4 is 28.9 Å². The summed E-state index contributed by atoms with van der Waals surface area (Å²) in [6, 6.07) is -1.04. The zero-order valence-corrected chi connectivity index (χ0v) is 13.0. The topological polar surface area (TPSA) is 124 Å². The van der Waals surface area contributed by atoms with E-state index in [2.05, 4.69) is 20.0 Å². The molecule has 2 N–H and O–H groups in total. The summed E-state index contributed by atoms with van der Waals surface area (Å²) in [6.07, 6.45) is 1.22. The number of fused-ring (bicyclic) bond motifs is 1. The summed E-state index contributed by atoms with van der Waals surface area (Å²) in [4.78, 5) is 31.7. The number of hydrogen-bond donors (Lipinski definition) is 2. The predicted molar refractivity (Wildman–Crippen MR) is 79.0 cm³/mol. The average molecular weight is 323 g/mol. The first-order valence-electron chi connectivity index (χ1n) is 6.89. The van der Waals surface area contributed by atoms with E-state index in [4.69, 9.17) is 9.15 Å². The van der Waals surface area contributed by atoms with E-state index in [0.29, 0.717) is 5.76 Å². The average Bonchev–Trinajstić information content (AvgIpc) is 2.88. The first kappa shape index (κ1) is 16.7. The molecule has 124 valence electrons. The smallest absolute Gasteiger partial charge is 0.342 e. The van der Waals surface area contributed by atoms with Crippen LogP contribution < -0.4 is 5.32 Å². The molecular weight excluding hydrogens is 306 g/mol. The maximum Gasteiger partial charge on any atom is 0.342 e. The van der Waals surface area contributed by atoms with Crippen molar-refractivity contribution in [2.24, 2.45) is 0 Å². The van der Waals surface area contributed by atoms with Gasteiger partial charge >= 0.3 is 11.9 Å². The second kappa shape index (κ2) is 7.05. The molecule has 2 rings (SSSR count). The zero-order chi connectivity index (χ0) is 17.0. The highest BCUT2D eigenvalue weighted by Gasteiger charge is 2.26. The SMILES string of the molecule is CCOC(=O)c1c(C)oc2ncnc(NC(CO)C(=O)OC)c12. The Labute approximate surface area is 131 Å². The van der Waals surface area contributed by atoms with Crippen LogP contribution in [0, 0.1) is 6.92 Å². The molecule has 0 spiro atoms. The zero-order valence-electron chi connectivity index (χ0n) is 13.0. The van der Waals surface area contributed by atoms with Gasteiger partial charge < -0.3 is 24.3 Å². The number of rotatable bonds is 6. The van der Waals surface area contributed by atoms with Gasteiger partial charge in [-0.15, -0.1) is 0 Å². The van der Waals surface area contributed by atoms with Gasteiger partial charge in [-0.05, 0) is 13.8 Å². The Hall–Kier alpha value is -2.68. The number of methoxy groups -OCH3 is 1. The molecule has 0 aliphatic heterocycles. The molecular formula is C14H17N3O6. The largest absolute Gasteiger partial charge is 0.467 e. The number of ether oxygens (including phenoxy) is 2. The molecule has 0 fully saturated rings. The van der Waals surface area contributed by atoms with Gasteiger partial charge in [-0.1, -0.05) is 0 Å². The molecule has 1 unspecified atom stereocenters. The van der Waals surface area contributed by atoms with Gasteiger partial charge in [0.1, 0.15) is 29.5 Å². The lowest BCUT2D eigenvalue weighted by Crippen LogP contribution is -2.34. The Morgan fingerprint density at radius 1 is 1.43 bits per heavy atom. The monoisotopic (exact) mass is 323 g/mol. The fraction of sp³-hybridized carbons (Fsp3) is 0.429. The number of esters is 2. The number of carbonyl (C=O) groups excluding carboxylic acids is 2. The van der Waals surface area contributed by atoms with Crippen LogP contribution in [-0.4, -0.2) is 53.4 Å². The van der Waals surface area contributed by atoms with E-state index in [1.165, 1.54) is 13.4 Å². The van der Waals surface area contributed by atoms with Gasteiger partial charge in [-0.3, -0.25) is 0 Å². The van der Waals surface area contributed by atoms with Crippen LogP contribution in [0.4, 0.5) is 5.82 Å². The standard InChI is InChI=1S/C14H17N3O6/c1-4-22-14(20)9-7(2)23-12-10(9)11(15-6-16-12)17-8(5-18)13(19)21-3/h6,8,18H,4-5H2,1-3H3,(H,15,16,17). The molecule has 0 saturated carbocycles. The van der Waals surface area contributed by atoms with Crippen LogP contribution in [0.2, 0.25) is 0 Å². The highest BCUT2D eigenvalue weighted by Crippen LogP contribution is 2.30. The number of aryl methyl sites for hydroxylation is 1. The predicted octanol–water partition coefficient (Wildman–Crippen LogP) is 0.654. The van der Waals surface area contributed by atoms with Gasteiger partial charge in [0.05, 0.1) is 25.7 Å². The van der Waals surface area contributed by atoms with E-state index in [0.717, 1.165) is 0 Å². The van der Waals surface area contributed by atoms with E-state index in [1.54, 1.807) is 13.8 Å². The summed E-state index contributed by atoms with van der Waals surface area (Å²) < 4.78 is 15.0. The second-order valence-electron chi connectivity index (χ2n) is 4.56. The van der Waals surface area contributed by atoms with Crippen LogP contribution in [0.25, 0.3) is 11.1 Å². The number of anilines is 1. The van der Waals surface area contributed by atoms with E-state index in [-0.39, 0.29) is 29.1 Å². The van der Waals surface area contributed by atoms with Crippen LogP contribution in [0.1, 0.15) is 23.0 Å². The number of nitrogens with one attached hydrogen (secondary N) is 1. The quantitative estimate of drug-likeness (QED) is 0.737. The normalized spacial score (nSPS) is 12.0. The lowest BCUT2D eigenvalue weighted by atomic mass is 10.1. The molecule has 0 bridgehead atoms. The van der Waals surface area contributed by atoms with Gasteiger partial charge in [-0.25, -0.2) is 19.6 Å². The lowest BCUT2D eigenvalue weighted by molar-refractivity contribution is -0.142. The third-order valence-corrected chi connectivity index (χ3v) is 3.12. The van der Waals surface area contributed by atoms with Gasteiger partial charge in [-0.2, -0.15) is 0 Å². The molecule has 0 amide bonds. The first-order valence-corrected chi connectivity index (χ1v) is 6.89. The Kier molecular flexibility index (Phi) is 5.12. The van der Waals surface area contributed by atoms with Gasteiger partial charge in [0, 0.05) is 0 Å². The summed E-state index contributed by atoms with van der Waals surface area (Å²) in [5, 5.41) is 12.3. The molecule has 23 heavy (non-hydrogen) atoms. The highest BCUT2D eigenvalue weighted by atomic mass is 16.5.